The number of rotatable bonds is 7. The monoisotopic (exact) mass is 494 g/mol. The molecule has 2 amide bonds. The van der Waals surface area contributed by atoms with E-state index < -0.39 is 16.8 Å². The minimum absolute atomic E-state index is 0.0705. The average molecular weight is 495 g/mol. The van der Waals surface area contributed by atoms with Crippen LogP contribution >= 0.6 is 23.5 Å². The first-order valence-electron chi connectivity index (χ1n) is 10.8. The maximum atomic E-state index is 12.9. The molecule has 2 aliphatic heterocycles. The second-order valence-electron chi connectivity index (χ2n) is 8.25. The summed E-state index contributed by atoms with van der Waals surface area (Å²) in [6, 6.07) is 19.8. The van der Waals surface area contributed by atoms with Crippen LogP contribution in [0.5, 0.6) is 0 Å². The normalized spacial score (nSPS) is 23.6. The van der Waals surface area contributed by atoms with Gasteiger partial charge in [-0.15, -0.1) is 23.5 Å². The zero-order valence-corrected chi connectivity index (χ0v) is 19.7. The summed E-state index contributed by atoms with van der Waals surface area (Å²) in [7, 11) is 0. The molecule has 1 aromatic heterocycles. The molecule has 34 heavy (non-hydrogen) atoms. The van der Waals surface area contributed by atoms with Crippen LogP contribution in [0.15, 0.2) is 82.3 Å². The van der Waals surface area contributed by atoms with Crippen LogP contribution in [-0.4, -0.2) is 56.3 Å². The topological polar surface area (TPSA) is 99.9 Å². The molecule has 2 saturated heterocycles. The number of amides is 2. The number of aliphatic carboxylic acids is 1. The fourth-order valence-electron chi connectivity index (χ4n) is 4.19. The zero-order valence-electron chi connectivity index (χ0n) is 18.0. The van der Waals surface area contributed by atoms with E-state index in [2.05, 4.69) is 5.32 Å². The number of furan rings is 1. The number of hydrogen-bond donors (Lipinski definition) is 2. The van der Waals surface area contributed by atoms with Gasteiger partial charge in [0.25, 0.3) is 0 Å². The van der Waals surface area contributed by atoms with Gasteiger partial charge in [-0.05, 0) is 23.8 Å². The van der Waals surface area contributed by atoms with Crippen LogP contribution in [0.25, 0.3) is 11.3 Å². The molecule has 2 fully saturated rings. The molecule has 0 spiro atoms. The molecular weight excluding hydrogens is 472 g/mol. The van der Waals surface area contributed by atoms with Gasteiger partial charge in [0.05, 0.1) is 12.7 Å². The highest BCUT2D eigenvalue weighted by molar-refractivity contribution is 8.05. The van der Waals surface area contributed by atoms with Crippen LogP contribution in [-0.2, 0) is 20.8 Å². The summed E-state index contributed by atoms with van der Waals surface area (Å²) in [5.74, 6) is -0.474. The molecule has 2 N–H and O–H groups in total. The summed E-state index contributed by atoms with van der Waals surface area (Å²) < 4.78 is 4.32. The molecule has 0 bridgehead atoms. The maximum absolute atomic E-state index is 12.9. The summed E-state index contributed by atoms with van der Waals surface area (Å²) >= 11 is 2.64. The minimum atomic E-state index is -1.21. The van der Waals surface area contributed by atoms with Crippen LogP contribution < -0.4 is 5.32 Å². The van der Waals surface area contributed by atoms with Gasteiger partial charge in [0.2, 0.25) is 11.8 Å². The Balaban J connectivity index is 1.29. The third-order valence-electron chi connectivity index (χ3n) is 5.95. The van der Waals surface area contributed by atoms with Gasteiger partial charge in [-0.25, -0.2) is 0 Å². The first-order chi connectivity index (χ1) is 16.5. The van der Waals surface area contributed by atoms with Crippen molar-refractivity contribution in [2.24, 2.45) is 0 Å². The predicted molar refractivity (Wildman–Crippen MR) is 130 cm³/mol. The number of carbonyl (C=O) groups excluding carboxylic acids is 2. The Bertz CT molecular complexity index is 1220. The fraction of sp³-hybridized carbons (Fsp3) is 0.240. The lowest BCUT2D eigenvalue weighted by Gasteiger charge is -2.53. The van der Waals surface area contributed by atoms with Crippen LogP contribution in [0.1, 0.15) is 5.56 Å². The Kier molecular flexibility index (Phi) is 6.14. The Hall–Kier alpha value is -3.17. The summed E-state index contributed by atoms with van der Waals surface area (Å²) in [6.07, 6.45) is 1.77. The van der Waals surface area contributed by atoms with E-state index in [-0.39, 0.29) is 30.2 Å². The van der Waals surface area contributed by atoms with Crippen molar-refractivity contribution in [3.05, 3.63) is 78.6 Å². The number of nitrogens with one attached hydrogen (secondary N) is 1. The Labute approximate surface area is 204 Å². The predicted octanol–water partition coefficient (Wildman–Crippen LogP) is 3.50. The summed E-state index contributed by atoms with van der Waals surface area (Å²) in [4.78, 5) is 40.1. The molecule has 2 aromatic carbocycles. The van der Waals surface area contributed by atoms with E-state index in [4.69, 9.17) is 4.42 Å². The highest BCUT2D eigenvalue weighted by atomic mass is 32.2. The van der Waals surface area contributed by atoms with E-state index >= 15 is 0 Å². The number of hydrogen-bond acceptors (Lipinski definition) is 6. The van der Waals surface area contributed by atoms with Gasteiger partial charge in [0.1, 0.15) is 21.9 Å². The standard InChI is InChI=1S/C25H22N2O5S2/c28-20(13-16-7-2-1-3-8-16)26-21-22(29)27-14-25(24(30)31,15-33-23(21)27)34-19-11-5-4-9-17(19)18-10-6-12-32-18/h1-12,21,23H,13-15H2,(H,26,28)(H,30,31)/t21?,23-,25?/m1/s1. The third-order valence-corrected chi connectivity index (χ3v) is 9.07. The minimum Gasteiger partial charge on any atom is -0.480 e. The van der Waals surface area contributed by atoms with E-state index in [1.165, 1.54) is 23.5 Å². The van der Waals surface area contributed by atoms with Crippen LogP contribution in [0.3, 0.4) is 0 Å². The van der Waals surface area contributed by atoms with Gasteiger partial charge in [-0.1, -0.05) is 48.5 Å². The van der Waals surface area contributed by atoms with Crippen LogP contribution in [0, 0.1) is 0 Å². The second-order valence-corrected chi connectivity index (χ2v) is 10.8. The average Bonchev–Trinajstić information content (AvgIpc) is 3.38. The maximum Gasteiger partial charge on any atom is 0.322 e. The highest BCUT2D eigenvalue weighted by Crippen LogP contribution is 2.48. The number of β-lactam (4-membered cyclic amide) rings is 1. The van der Waals surface area contributed by atoms with E-state index in [1.54, 1.807) is 17.2 Å². The lowest BCUT2D eigenvalue weighted by Crippen LogP contribution is -2.74. The Morgan fingerprint density at radius 3 is 2.62 bits per heavy atom. The lowest BCUT2D eigenvalue weighted by molar-refractivity contribution is -0.152. The van der Waals surface area contributed by atoms with Crippen LogP contribution in [0.2, 0.25) is 0 Å². The molecule has 2 unspecified atom stereocenters. The molecule has 0 aliphatic carbocycles. The number of carboxylic acid groups (broad SMARTS) is 1. The van der Waals surface area contributed by atoms with Crippen molar-refractivity contribution in [3.8, 4) is 11.3 Å². The molecule has 3 heterocycles. The molecule has 174 valence electrons. The number of thioether (sulfide) groups is 2. The molecule has 5 rings (SSSR count). The molecule has 2 aliphatic rings. The smallest absolute Gasteiger partial charge is 0.322 e. The molecule has 9 heteroatoms. The van der Waals surface area contributed by atoms with Gasteiger partial charge in [0, 0.05) is 22.8 Å². The number of fused-ring (bicyclic) bond motifs is 1. The second kappa shape index (κ2) is 9.23. The number of carbonyl (C=O) groups is 3. The molecule has 7 nitrogen and oxygen atoms in total. The lowest BCUT2D eigenvalue weighted by atomic mass is 10.0. The molecule has 3 aromatic rings. The summed E-state index contributed by atoms with van der Waals surface area (Å²) in [6.45, 7) is 0.0705. The molecule has 0 radical (unpaired) electrons. The molecular formula is C25H22N2O5S2. The van der Waals surface area contributed by atoms with Gasteiger partial charge >= 0.3 is 5.97 Å². The first-order valence-corrected chi connectivity index (χ1v) is 12.6. The quantitative estimate of drug-likeness (QED) is 0.485. The van der Waals surface area contributed by atoms with Gasteiger partial charge in [-0.3, -0.25) is 14.4 Å². The molecule has 0 saturated carbocycles. The summed E-state index contributed by atoms with van der Waals surface area (Å²) in [5, 5.41) is 12.8. The van der Waals surface area contributed by atoms with E-state index in [1.807, 2.05) is 60.7 Å². The Morgan fingerprint density at radius 2 is 1.88 bits per heavy atom. The van der Waals surface area contributed by atoms with Crippen molar-refractivity contribution in [3.63, 3.8) is 0 Å². The molecule has 3 atom stereocenters. The fourth-order valence-corrected chi connectivity index (χ4v) is 7.16. The van der Waals surface area contributed by atoms with Crippen LogP contribution in [0.4, 0.5) is 0 Å². The van der Waals surface area contributed by atoms with Crippen molar-refractivity contribution in [1.82, 2.24) is 10.2 Å². The number of carboxylic acids is 1. The summed E-state index contributed by atoms with van der Waals surface area (Å²) in [5.41, 5.74) is 1.68. The SMILES string of the molecule is O=C(Cc1ccccc1)NC1C(=O)N2CC(Sc3ccccc3-c3ccco3)(C(=O)O)CS[C@H]12. The van der Waals surface area contributed by atoms with E-state index in [9.17, 15) is 19.5 Å². The zero-order chi connectivity index (χ0) is 23.7. The van der Waals surface area contributed by atoms with E-state index in [0.717, 1.165) is 16.0 Å². The third kappa shape index (κ3) is 4.21. The Morgan fingerprint density at radius 1 is 1.12 bits per heavy atom. The van der Waals surface area contributed by atoms with Crippen molar-refractivity contribution < 1.29 is 23.9 Å². The van der Waals surface area contributed by atoms with Gasteiger partial charge < -0.3 is 19.7 Å². The van der Waals surface area contributed by atoms with Gasteiger partial charge in [-0.2, -0.15) is 0 Å². The van der Waals surface area contributed by atoms with Crippen molar-refractivity contribution in [1.29, 1.82) is 0 Å². The van der Waals surface area contributed by atoms with E-state index in [0.29, 0.717) is 11.5 Å². The number of benzene rings is 2. The van der Waals surface area contributed by atoms with Crippen molar-refractivity contribution in [2.45, 2.75) is 27.5 Å². The first kappa shape index (κ1) is 22.6. The number of nitrogens with zero attached hydrogens (tertiary/aromatic N) is 1. The highest BCUT2D eigenvalue weighted by Gasteiger charge is 2.58. The van der Waals surface area contributed by atoms with Gasteiger partial charge in [0.15, 0.2) is 0 Å². The van der Waals surface area contributed by atoms with Crippen molar-refractivity contribution >= 4 is 41.3 Å². The largest absolute Gasteiger partial charge is 0.480 e. The van der Waals surface area contributed by atoms with Crippen molar-refractivity contribution in [2.75, 3.05) is 12.3 Å².